The molecular weight excluding hydrogens is 373 g/mol. The molecule has 3 rings (SSSR count). The van der Waals surface area contributed by atoms with E-state index in [-0.39, 0.29) is 12.4 Å². The highest BCUT2D eigenvalue weighted by atomic mass is 19.1. The van der Waals surface area contributed by atoms with Crippen molar-refractivity contribution in [2.45, 2.75) is 31.7 Å². The van der Waals surface area contributed by atoms with E-state index in [1.807, 2.05) is 30.3 Å². The Hall–Kier alpha value is -3.22. The number of hydrogen-bond donors (Lipinski definition) is 2. The number of urea groups is 1. The molecule has 1 aliphatic heterocycles. The van der Waals surface area contributed by atoms with Gasteiger partial charge in [0, 0.05) is 6.54 Å². The van der Waals surface area contributed by atoms with Crippen molar-refractivity contribution in [1.29, 1.82) is 0 Å². The summed E-state index contributed by atoms with van der Waals surface area (Å²) >= 11 is 0. The average Bonchev–Trinajstić information content (AvgIpc) is 2.92. The van der Waals surface area contributed by atoms with Crippen LogP contribution >= 0.6 is 0 Å². The molecule has 1 saturated heterocycles. The van der Waals surface area contributed by atoms with Gasteiger partial charge in [-0.15, -0.1) is 0 Å². The molecule has 2 aromatic rings. The number of carbonyl (C=O) groups is 3. The fourth-order valence-electron chi connectivity index (χ4n) is 3.30. The van der Waals surface area contributed by atoms with E-state index in [4.69, 9.17) is 0 Å². The Bertz CT molecular complexity index is 886. The first-order valence-electron chi connectivity index (χ1n) is 9.56. The molecule has 29 heavy (non-hydrogen) atoms. The Kier molecular flexibility index (Phi) is 6.26. The van der Waals surface area contributed by atoms with Crippen molar-refractivity contribution in [3.8, 4) is 0 Å². The lowest BCUT2D eigenvalue weighted by Crippen LogP contribution is -2.45. The number of halogens is 1. The summed E-state index contributed by atoms with van der Waals surface area (Å²) < 4.78 is 12.9. The summed E-state index contributed by atoms with van der Waals surface area (Å²) in [5.74, 6) is -1.12. The molecule has 0 bridgehead atoms. The van der Waals surface area contributed by atoms with Crippen LogP contribution in [0.25, 0.3) is 0 Å². The van der Waals surface area contributed by atoms with Crippen molar-refractivity contribution in [3.05, 3.63) is 71.5 Å². The fourth-order valence-corrected chi connectivity index (χ4v) is 3.30. The van der Waals surface area contributed by atoms with Gasteiger partial charge < -0.3 is 10.6 Å². The average molecular weight is 397 g/mol. The third kappa shape index (κ3) is 5.19. The van der Waals surface area contributed by atoms with Crippen LogP contribution in [0.15, 0.2) is 54.6 Å². The standard InChI is InChI=1S/C22H24FN3O3/c1-22(13-11-16-5-3-2-4-6-16)20(28)26(21(29)25-22)15-19(27)24-14-12-17-7-9-18(23)10-8-17/h2-10H,11-15H2,1H3,(H,24,27)(H,25,29). The maximum atomic E-state index is 12.9. The van der Waals surface area contributed by atoms with E-state index in [2.05, 4.69) is 10.6 Å². The van der Waals surface area contributed by atoms with Gasteiger partial charge in [0.1, 0.15) is 17.9 Å². The molecule has 2 N–H and O–H groups in total. The molecule has 7 heteroatoms. The highest BCUT2D eigenvalue weighted by Crippen LogP contribution is 2.23. The van der Waals surface area contributed by atoms with Gasteiger partial charge in [0.15, 0.2) is 0 Å². The third-order valence-corrected chi connectivity index (χ3v) is 5.05. The highest BCUT2D eigenvalue weighted by Gasteiger charge is 2.47. The maximum Gasteiger partial charge on any atom is 0.325 e. The van der Waals surface area contributed by atoms with Gasteiger partial charge in [0.2, 0.25) is 5.91 Å². The van der Waals surface area contributed by atoms with E-state index in [0.717, 1.165) is 16.0 Å². The summed E-state index contributed by atoms with van der Waals surface area (Å²) in [5, 5.41) is 5.41. The minimum atomic E-state index is -1.03. The highest BCUT2D eigenvalue weighted by molar-refractivity contribution is 6.08. The molecule has 0 spiro atoms. The Labute approximate surface area is 169 Å². The summed E-state index contributed by atoms with van der Waals surface area (Å²) in [6.45, 7) is 1.69. The second-order valence-corrected chi connectivity index (χ2v) is 7.37. The predicted octanol–water partition coefficient (Wildman–Crippen LogP) is 2.43. The zero-order valence-electron chi connectivity index (χ0n) is 16.3. The first-order chi connectivity index (χ1) is 13.9. The molecule has 1 unspecified atom stereocenters. The van der Waals surface area contributed by atoms with Crippen molar-refractivity contribution in [1.82, 2.24) is 15.5 Å². The molecule has 0 saturated carbocycles. The second kappa shape index (κ2) is 8.86. The molecule has 6 nitrogen and oxygen atoms in total. The van der Waals surface area contributed by atoms with Gasteiger partial charge in [-0.05, 0) is 49.4 Å². The Morgan fingerprint density at radius 1 is 1.03 bits per heavy atom. The number of benzene rings is 2. The molecule has 1 heterocycles. The number of carbonyl (C=O) groups excluding carboxylic acids is 3. The van der Waals surface area contributed by atoms with Crippen LogP contribution < -0.4 is 10.6 Å². The summed E-state index contributed by atoms with van der Waals surface area (Å²) in [7, 11) is 0. The van der Waals surface area contributed by atoms with Crippen molar-refractivity contribution in [3.63, 3.8) is 0 Å². The van der Waals surface area contributed by atoms with Crippen molar-refractivity contribution in [2.24, 2.45) is 0 Å². The lowest BCUT2D eigenvalue weighted by atomic mass is 9.93. The van der Waals surface area contributed by atoms with Crippen LogP contribution in [0.2, 0.25) is 0 Å². The van der Waals surface area contributed by atoms with Gasteiger partial charge in [-0.25, -0.2) is 9.18 Å². The lowest BCUT2D eigenvalue weighted by Gasteiger charge is -2.21. The Morgan fingerprint density at radius 2 is 1.69 bits per heavy atom. The predicted molar refractivity (Wildman–Crippen MR) is 107 cm³/mol. The van der Waals surface area contributed by atoms with Gasteiger partial charge in [0.25, 0.3) is 5.91 Å². The number of hydrogen-bond acceptors (Lipinski definition) is 3. The molecule has 0 radical (unpaired) electrons. The fraction of sp³-hybridized carbons (Fsp3) is 0.318. The molecular formula is C22H24FN3O3. The number of nitrogens with zero attached hydrogens (tertiary/aromatic N) is 1. The van der Waals surface area contributed by atoms with Crippen molar-refractivity contribution >= 4 is 17.8 Å². The number of aryl methyl sites for hydroxylation is 1. The molecule has 152 valence electrons. The molecule has 1 aliphatic rings. The van der Waals surface area contributed by atoms with Crippen LogP contribution in [0.4, 0.5) is 9.18 Å². The summed E-state index contributed by atoms with van der Waals surface area (Å²) in [5.41, 5.74) is 0.935. The topological polar surface area (TPSA) is 78.5 Å². The Balaban J connectivity index is 1.49. The number of rotatable bonds is 8. The van der Waals surface area contributed by atoms with Crippen LogP contribution in [0, 0.1) is 5.82 Å². The van der Waals surface area contributed by atoms with Gasteiger partial charge >= 0.3 is 6.03 Å². The van der Waals surface area contributed by atoms with Crippen LogP contribution in [0.5, 0.6) is 0 Å². The molecule has 4 amide bonds. The molecule has 1 fully saturated rings. The summed E-state index contributed by atoms with van der Waals surface area (Å²) in [6.07, 6.45) is 1.62. The van der Waals surface area contributed by atoms with Gasteiger partial charge in [-0.2, -0.15) is 0 Å². The van der Waals surface area contributed by atoms with E-state index in [1.54, 1.807) is 19.1 Å². The van der Waals surface area contributed by atoms with Gasteiger partial charge in [-0.1, -0.05) is 42.5 Å². The normalized spacial score (nSPS) is 18.6. The molecule has 0 aliphatic carbocycles. The van der Waals surface area contributed by atoms with E-state index in [9.17, 15) is 18.8 Å². The SMILES string of the molecule is CC1(CCc2ccccc2)NC(=O)N(CC(=O)NCCc2ccc(F)cc2)C1=O. The van der Waals surface area contributed by atoms with Crippen LogP contribution in [0.3, 0.4) is 0 Å². The quantitative estimate of drug-likeness (QED) is 0.672. The largest absolute Gasteiger partial charge is 0.354 e. The van der Waals surface area contributed by atoms with Crippen molar-refractivity contribution in [2.75, 3.05) is 13.1 Å². The van der Waals surface area contributed by atoms with Crippen LogP contribution in [-0.2, 0) is 22.4 Å². The summed E-state index contributed by atoms with van der Waals surface area (Å²) in [4.78, 5) is 38.1. The van der Waals surface area contributed by atoms with Gasteiger partial charge in [-0.3, -0.25) is 14.5 Å². The maximum absolute atomic E-state index is 12.9. The zero-order valence-corrected chi connectivity index (χ0v) is 16.3. The number of imide groups is 1. The minimum absolute atomic E-state index is 0.313. The number of amides is 4. The number of nitrogens with one attached hydrogen (secondary N) is 2. The van der Waals surface area contributed by atoms with E-state index < -0.39 is 23.4 Å². The first kappa shape index (κ1) is 20.5. The zero-order chi connectivity index (χ0) is 20.9. The molecule has 1 atom stereocenters. The Morgan fingerprint density at radius 3 is 2.38 bits per heavy atom. The molecule has 2 aromatic carbocycles. The van der Waals surface area contributed by atoms with E-state index >= 15 is 0 Å². The van der Waals surface area contributed by atoms with E-state index in [0.29, 0.717) is 25.8 Å². The smallest absolute Gasteiger partial charge is 0.325 e. The van der Waals surface area contributed by atoms with Crippen LogP contribution in [0.1, 0.15) is 24.5 Å². The van der Waals surface area contributed by atoms with E-state index in [1.165, 1.54) is 12.1 Å². The van der Waals surface area contributed by atoms with Crippen molar-refractivity contribution < 1.29 is 18.8 Å². The first-order valence-corrected chi connectivity index (χ1v) is 9.56. The van der Waals surface area contributed by atoms with Crippen LogP contribution in [-0.4, -0.2) is 41.4 Å². The minimum Gasteiger partial charge on any atom is -0.354 e. The van der Waals surface area contributed by atoms with Gasteiger partial charge in [0.05, 0.1) is 0 Å². The molecule has 0 aromatic heterocycles. The second-order valence-electron chi connectivity index (χ2n) is 7.37. The lowest BCUT2D eigenvalue weighted by molar-refractivity contribution is -0.134. The monoisotopic (exact) mass is 397 g/mol. The summed E-state index contributed by atoms with van der Waals surface area (Å²) in [6, 6.07) is 15.2. The third-order valence-electron chi connectivity index (χ3n) is 5.05.